The number of hydrogen-bond acceptors (Lipinski definition) is 1. The topological polar surface area (TPSA) is 20.2 Å². The minimum atomic E-state index is -0.103. The van der Waals surface area contributed by atoms with Gasteiger partial charge in [0.2, 0.25) is 0 Å². The van der Waals surface area contributed by atoms with Crippen LogP contribution in [0.15, 0.2) is 11.6 Å². The van der Waals surface area contributed by atoms with Gasteiger partial charge in [-0.15, -0.1) is 0 Å². The van der Waals surface area contributed by atoms with E-state index in [1.165, 1.54) is 25.7 Å². The minimum absolute atomic E-state index is 0.103. The van der Waals surface area contributed by atoms with Gasteiger partial charge in [0.25, 0.3) is 0 Å². The summed E-state index contributed by atoms with van der Waals surface area (Å²) in [6.45, 7) is 0. The van der Waals surface area contributed by atoms with E-state index in [1.54, 1.807) is 5.57 Å². The number of allylic oxidation sites excluding steroid dienone is 1. The third-order valence-electron chi connectivity index (χ3n) is 4.06. The van der Waals surface area contributed by atoms with Gasteiger partial charge in [0.15, 0.2) is 0 Å². The Morgan fingerprint density at radius 1 is 1.25 bits per heavy atom. The van der Waals surface area contributed by atoms with Crippen LogP contribution in [0.1, 0.15) is 32.1 Å². The van der Waals surface area contributed by atoms with Gasteiger partial charge in [-0.2, -0.15) is 0 Å². The monoisotopic (exact) mass is 164 g/mol. The lowest BCUT2D eigenvalue weighted by atomic mass is 9.85. The molecule has 0 aliphatic heterocycles. The summed E-state index contributed by atoms with van der Waals surface area (Å²) in [4.78, 5) is 0. The molecule has 2 fully saturated rings. The summed E-state index contributed by atoms with van der Waals surface area (Å²) in [5.41, 5.74) is 1.63. The predicted octanol–water partition coefficient (Wildman–Crippen LogP) is 2.11. The van der Waals surface area contributed by atoms with Gasteiger partial charge in [0, 0.05) is 0 Å². The maximum atomic E-state index is 9.51. The van der Waals surface area contributed by atoms with E-state index in [1.807, 2.05) is 0 Å². The summed E-state index contributed by atoms with van der Waals surface area (Å²) >= 11 is 0. The largest absolute Gasteiger partial charge is 0.389 e. The van der Waals surface area contributed by atoms with Gasteiger partial charge in [-0.05, 0) is 43.4 Å². The first-order valence-electron chi connectivity index (χ1n) is 5.24. The number of aliphatic hydroxyl groups is 1. The lowest BCUT2D eigenvalue weighted by Gasteiger charge is -2.20. The van der Waals surface area contributed by atoms with Gasteiger partial charge in [-0.3, -0.25) is 0 Å². The fraction of sp³-hybridized carbons (Fsp3) is 0.818. The lowest BCUT2D eigenvalue weighted by Crippen LogP contribution is -2.12. The maximum absolute atomic E-state index is 9.51. The second-order valence-corrected chi connectivity index (χ2v) is 4.70. The lowest BCUT2D eigenvalue weighted by molar-refractivity contribution is 0.190. The fourth-order valence-corrected chi connectivity index (χ4v) is 3.61. The molecular formula is C11H16O. The molecule has 0 amide bonds. The highest BCUT2D eigenvalue weighted by molar-refractivity contribution is 5.26. The summed E-state index contributed by atoms with van der Waals surface area (Å²) in [5.74, 6) is 2.59. The van der Waals surface area contributed by atoms with E-state index in [-0.39, 0.29) is 6.10 Å². The number of hydrogen-bond donors (Lipinski definition) is 1. The van der Waals surface area contributed by atoms with Gasteiger partial charge in [-0.1, -0.05) is 18.1 Å². The van der Waals surface area contributed by atoms with Gasteiger partial charge in [0.1, 0.15) is 0 Å². The van der Waals surface area contributed by atoms with Crippen molar-refractivity contribution in [1.29, 1.82) is 0 Å². The summed E-state index contributed by atoms with van der Waals surface area (Å²) in [7, 11) is 0. The highest BCUT2D eigenvalue weighted by atomic mass is 16.3. The van der Waals surface area contributed by atoms with Crippen LogP contribution < -0.4 is 0 Å². The average molecular weight is 164 g/mol. The summed E-state index contributed by atoms with van der Waals surface area (Å²) in [6, 6.07) is 0. The molecule has 3 aliphatic rings. The quantitative estimate of drug-likeness (QED) is 0.544. The zero-order valence-electron chi connectivity index (χ0n) is 7.37. The van der Waals surface area contributed by atoms with Crippen molar-refractivity contribution in [2.24, 2.45) is 17.8 Å². The molecule has 12 heavy (non-hydrogen) atoms. The van der Waals surface area contributed by atoms with Crippen LogP contribution in [-0.4, -0.2) is 11.2 Å². The zero-order chi connectivity index (χ0) is 8.13. The molecule has 3 aliphatic carbocycles. The Labute approximate surface area is 73.5 Å². The Morgan fingerprint density at radius 2 is 2.17 bits per heavy atom. The van der Waals surface area contributed by atoms with E-state index in [4.69, 9.17) is 0 Å². The zero-order valence-corrected chi connectivity index (χ0v) is 7.37. The highest BCUT2D eigenvalue weighted by Gasteiger charge is 2.44. The second-order valence-electron chi connectivity index (χ2n) is 4.70. The van der Waals surface area contributed by atoms with Crippen molar-refractivity contribution in [2.75, 3.05) is 0 Å². The summed E-state index contributed by atoms with van der Waals surface area (Å²) in [6.07, 6.45) is 8.77. The molecule has 1 N–H and O–H groups in total. The molecule has 2 saturated carbocycles. The van der Waals surface area contributed by atoms with Crippen molar-refractivity contribution in [3.63, 3.8) is 0 Å². The molecule has 0 heterocycles. The van der Waals surface area contributed by atoms with E-state index in [9.17, 15) is 5.11 Å². The Kier molecular flexibility index (Phi) is 1.40. The minimum Gasteiger partial charge on any atom is -0.389 e. The molecule has 0 aromatic rings. The van der Waals surface area contributed by atoms with Crippen LogP contribution >= 0.6 is 0 Å². The Hall–Kier alpha value is -0.300. The van der Waals surface area contributed by atoms with E-state index in [0.717, 1.165) is 24.2 Å². The molecule has 0 saturated heterocycles. The maximum Gasteiger partial charge on any atom is 0.0729 e. The van der Waals surface area contributed by atoms with Crippen molar-refractivity contribution < 1.29 is 5.11 Å². The van der Waals surface area contributed by atoms with Gasteiger partial charge in [-0.25, -0.2) is 0 Å². The Balaban J connectivity index is 1.95. The molecular weight excluding hydrogens is 148 g/mol. The first-order chi connectivity index (χ1) is 5.84. The van der Waals surface area contributed by atoms with E-state index < -0.39 is 0 Å². The smallest absolute Gasteiger partial charge is 0.0729 e. The Morgan fingerprint density at radius 3 is 3.08 bits per heavy atom. The van der Waals surface area contributed by atoms with Crippen molar-refractivity contribution in [3.8, 4) is 0 Å². The van der Waals surface area contributed by atoms with E-state index >= 15 is 0 Å². The highest BCUT2D eigenvalue weighted by Crippen LogP contribution is 2.53. The Bertz CT molecular complexity index is 231. The number of fused-ring (bicyclic) bond motifs is 5. The fourth-order valence-electron chi connectivity index (χ4n) is 3.61. The van der Waals surface area contributed by atoms with E-state index in [2.05, 4.69) is 6.08 Å². The van der Waals surface area contributed by atoms with Crippen LogP contribution in [0.5, 0.6) is 0 Å². The van der Waals surface area contributed by atoms with Crippen molar-refractivity contribution in [2.45, 2.75) is 38.2 Å². The molecule has 1 nitrogen and oxygen atoms in total. The molecule has 2 bridgehead atoms. The van der Waals surface area contributed by atoms with Crippen LogP contribution in [0.2, 0.25) is 0 Å². The summed E-state index contributed by atoms with van der Waals surface area (Å²) < 4.78 is 0. The average Bonchev–Trinajstić information content (AvgIpc) is 2.55. The predicted molar refractivity (Wildman–Crippen MR) is 47.6 cm³/mol. The SMILES string of the molecule is OC1C=C2C3CCCC(C3)C2C1. The van der Waals surface area contributed by atoms with Gasteiger partial charge < -0.3 is 5.11 Å². The van der Waals surface area contributed by atoms with Crippen molar-refractivity contribution in [1.82, 2.24) is 0 Å². The van der Waals surface area contributed by atoms with Crippen LogP contribution in [0.4, 0.5) is 0 Å². The number of rotatable bonds is 0. The van der Waals surface area contributed by atoms with E-state index in [0.29, 0.717) is 0 Å². The van der Waals surface area contributed by atoms with Crippen LogP contribution in [0.25, 0.3) is 0 Å². The van der Waals surface area contributed by atoms with Gasteiger partial charge >= 0.3 is 0 Å². The second kappa shape index (κ2) is 2.35. The third-order valence-corrected chi connectivity index (χ3v) is 4.06. The first kappa shape index (κ1) is 7.14. The van der Waals surface area contributed by atoms with Gasteiger partial charge in [0.05, 0.1) is 6.10 Å². The van der Waals surface area contributed by atoms with Crippen molar-refractivity contribution in [3.05, 3.63) is 11.6 Å². The standard InChI is InChI=1S/C11H16O/c12-9-5-10-7-2-1-3-8(4-7)11(10)6-9/h5,7-9,11-12H,1-4,6H2. The molecule has 0 spiro atoms. The molecule has 1 heteroatoms. The molecule has 4 atom stereocenters. The molecule has 66 valence electrons. The molecule has 0 aromatic carbocycles. The molecule has 0 radical (unpaired) electrons. The first-order valence-corrected chi connectivity index (χ1v) is 5.24. The number of aliphatic hydroxyl groups excluding tert-OH is 1. The molecule has 4 unspecified atom stereocenters. The summed E-state index contributed by atoms with van der Waals surface area (Å²) in [5, 5.41) is 9.51. The van der Waals surface area contributed by atoms with Crippen molar-refractivity contribution >= 4 is 0 Å². The molecule has 3 rings (SSSR count). The normalized spacial score (nSPS) is 50.6. The van der Waals surface area contributed by atoms with Crippen LogP contribution in [0.3, 0.4) is 0 Å². The molecule has 0 aromatic heterocycles. The van der Waals surface area contributed by atoms with Crippen LogP contribution in [0, 0.1) is 17.8 Å². The third kappa shape index (κ3) is 0.832. The van der Waals surface area contributed by atoms with Crippen LogP contribution in [-0.2, 0) is 0 Å².